The van der Waals surface area contributed by atoms with Crippen LogP contribution in [0, 0.1) is 17.9 Å². The standard InChI is InChI=1S/C24H18N4S2/c1-4-27-21(16-8-6-15(14-25)7-9-16)19-20(24(27)30)22(28(5-2)23(19)29)17-10-12-18(26-3)13-11-17/h6-13H,4-5H2,1-2H3. The van der Waals surface area contributed by atoms with Crippen LogP contribution >= 0.6 is 24.4 Å². The zero-order chi connectivity index (χ0) is 21.4. The monoisotopic (exact) mass is 426 g/mol. The van der Waals surface area contributed by atoms with Crippen molar-refractivity contribution in [1.82, 2.24) is 9.80 Å². The summed E-state index contributed by atoms with van der Waals surface area (Å²) >= 11 is 11.8. The highest BCUT2D eigenvalue weighted by Crippen LogP contribution is 2.47. The molecule has 0 spiro atoms. The van der Waals surface area contributed by atoms with E-state index >= 15 is 0 Å². The van der Waals surface area contributed by atoms with Gasteiger partial charge in [-0.15, -0.1) is 0 Å². The molecule has 6 heteroatoms. The second-order valence-corrected chi connectivity index (χ2v) is 7.67. The molecule has 0 unspecified atom stereocenters. The van der Waals surface area contributed by atoms with Gasteiger partial charge in [0.1, 0.15) is 9.98 Å². The van der Waals surface area contributed by atoms with Crippen LogP contribution in [-0.4, -0.2) is 32.9 Å². The van der Waals surface area contributed by atoms with E-state index in [4.69, 9.17) is 36.3 Å². The van der Waals surface area contributed by atoms with E-state index in [9.17, 15) is 0 Å². The molecule has 0 aliphatic carbocycles. The second-order valence-electron chi connectivity index (χ2n) is 6.89. The van der Waals surface area contributed by atoms with E-state index in [1.165, 1.54) is 0 Å². The van der Waals surface area contributed by atoms with Crippen molar-refractivity contribution >= 4 is 51.5 Å². The number of nitriles is 1. The predicted octanol–water partition coefficient (Wildman–Crippen LogP) is 5.56. The lowest BCUT2D eigenvalue weighted by atomic mass is 10.0. The molecule has 4 nitrogen and oxygen atoms in total. The lowest BCUT2D eigenvalue weighted by Crippen LogP contribution is -2.28. The molecule has 0 saturated heterocycles. The zero-order valence-corrected chi connectivity index (χ0v) is 18.3. The van der Waals surface area contributed by atoms with Crippen LogP contribution in [-0.2, 0) is 0 Å². The molecule has 2 aliphatic rings. The summed E-state index contributed by atoms with van der Waals surface area (Å²) in [5, 5.41) is 9.14. The Morgan fingerprint density at radius 1 is 0.833 bits per heavy atom. The van der Waals surface area contributed by atoms with Crippen molar-refractivity contribution in [3.8, 4) is 6.07 Å². The summed E-state index contributed by atoms with van der Waals surface area (Å²) in [4.78, 5) is 9.25. The third-order valence-electron chi connectivity index (χ3n) is 5.37. The fourth-order valence-corrected chi connectivity index (χ4v) is 4.83. The number of hydrogen-bond donors (Lipinski definition) is 0. The van der Waals surface area contributed by atoms with Gasteiger partial charge in [-0.3, -0.25) is 0 Å². The van der Waals surface area contributed by atoms with Crippen LogP contribution in [0.25, 0.3) is 16.2 Å². The van der Waals surface area contributed by atoms with E-state index in [0.717, 1.165) is 56.7 Å². The van der Waals surface area contributed by atoms with Gasteiger partial charge in [-0.2, -0.15) is 5.26 Å². The van der Waals surface area contributed by atoms with Gasteiger partial charge in [0.05, 0.1) is 29.6 Å². The Morgan fingerprint density at radius 2 is 1.27 bits per heavy atom. The fraction of sp³-hybridized carbons (Fsp3) is 0.167. The van der Waals surface area contributed by atoms with Crippen LogP contribution in [0.15, 0.2) is 59.7 Å². The average molecular weight is 427 g/mol. The molecule has 2 aliphatic heterocycles. The zero-order valence-electron chi connectivity index (χ0n) is 16.6. The Labute approximate surface area is 187 Å². The third-order valence-corrected chi connectivity index (χ3v) is 6.22. The molecule has 146 valence electrons. The van der Waals surface area contributed by atoms with E-state index in [0.29, 0.717) is 11.3 Å². The molecule has 2 heterocycles. The summed E-state index contributed by atoms with van der Waals surface area (Å²) in [6.45, 7) is 12.8. The quantitative estimate of drug-likeness (QED) is 0.473. The maximum absolute atomic E-state index is 9.14. The van der Waals surface area contributed by atoms with E-state index in [1.54, 1.807) is 0 Å². The van der Waals surface area contributed by atoms with Gasteiger partial charge in [0.25, 0.3) is 0 Å². The Balaban J connectivity index is 1.97. The molecular weight excluding hydrogens is 408 g/mol. The molecule has 0 radical (unpaired) electrons. The van der Waals surface area contributed by atoms with Crippen molar-refractivity contribution in [3.63, 3.8) is 0 Å². The number of hydrogen-bond acceptors (Lipinski definition) is 3. The molecule has 0 amide bonds. The molecule has 0 atom stereocenters. The third kappa shape index (κ3) is 2.93. The first-order valence-electron chi connectivity index (χ1n) is 9.66. The largest absolute Gasteiger partial charge is 0.331 e. The summed E-state index contributed by atoms with van der Waals surface area (Å²) < 4.78 is 0. The van der Waals surface area contributed by atoms with Crippen LogP contribution in [0.1, 0.15) is 30.5 Å². The normalized spacial score (nSPS) is 15.6. The Hall–Kier alpha value is -3.32. The molecule has 0 saturated carbocycles. The molecule has 2 aromatic rings. The summed E-state index contributed by atoms with van der Waals surface area (Å²) in [6.07, 6.45) is 0. The van der Waals surface area contributed by atoms with Crippen LogP contribution < -0.4 is 0 Å². The Bertz CT molecular complexity index is 1110. The Kier molecular flexibility index (Phi) is 5.22. The van der Waals surface area contributed by atoms with Gasteiger partial charge in [-0.1, -0.05) is 60.8 Å². The van der Waals surface area contributed by atoms with Crippen molar-refractivity contribution in [3.05, 3.63) is 87.8 Å². The number of likely N-dealkylation sites (N-methyl/N-ethyl adjacent to an activating group) is 2. The van der Waals surface area contributed by atoms with Crippen LogP contribution in [0.4, 0.5) is 5.69 Å². The topological polar surface area (TPSA) is 34.6 Å². The smallest absolute Gasteiger partial charge is 0.187 e. The van der Waals surface area contributed by atoms with Crippen molar-refractivity contribution in [2.24, 2.45) is 0 Å². The number of nitrogens with zero attached hydrogens (tertiary/aromatic N) is 4. The summed E-state index contributed by atoms with van der Waals surface area (Å²) in [5.74, 6) is 0. The molecular formula is C24H18N4S2. The van der Waals surface area contributed by atoms with Gasteiger partial charge in [-0.05, 0) is 37.1 Å². The van der Waals surface area contributed by atoms with E-state index < -0.39 is 0 Å². The van der Waals surface area contributed by atoms with Crippen LogP contribution in [0.3, 0.4) is 0 Å². The minimum absolute atomic E-state index is 0.603. The molecule has 0 bridgehead atoms. The summed E-state index contributed by atoms with van der Waals surface area (Å²) in [7, 11) is 0. The highest BCUT2D eigenvalue weighted by Gasteiger charge is 2.43. The highest BCUT2D eigenvalue weighted by atomic mass is 32.1. The molecule has 4 rings (SSSR count). The lowest BCUT2D eigenvalue weighted by Gasteiger charge is -2.26. The minimum Gasteiger partial charge on any atom is -0.331 e. The number of fused-ring (bicyclic) bond motifs is 1. The van der Waals surface area contributed by atoms with Crippen LogP contribution in [0.2, 0.25) is 0 Å². The summed E-state index contributed by atoms with van der Waals surface area (Å²) in [5.41, 5.74) is 7.17. The lowest BCUT2D eigenvalue weighted by molar-refractivity contribution is 0.620. The minimum atomic E-state index is 0.603. The van der Waals surface area contributed by atoms with E-state index in [-0.39, 0.29) is 0 Å². The van der Waals surface area contributed by atoms with Crippen molar-refractivity contribution in [2.75, 3.05) is 13.1 Å². The first-order valence-corrected chi connectivity index (χ1v) is 10.5. The van der Waals surface area contributed by atoms with Crippen molar-refractivity contribution in [1.29, 1.82) is 5.26 Å². The molecule has 2 aromatic carbocycles. The van der Waals surface area contributed by atoms with Crippen molar-refractivity contribution < 1.29 is 0 Å². The summed E-state index contributed by atoms with van der Waals surface area (Å²) in [6, 6.07) is 17.3. The predicted molar refractivity (Wildman–Crippen MR) is 128 cm³/mol. The van der Waals surface area contributed by atoms with Gasteiger partial charge < -0.3 is 9.80 Å². The average Bonchev–Trinajstić information content (AvgIpc) is 3.25. The highest BCUT2D eigenvalue weighted by molar-refractivity contribution is 7.81. The maximum Gasteiger partial charge on any atom is 0.187 e. The van der Waals surface area contributed by atoms with Gasteiger partial charge in [0.2, 0.25) is 0 Å². The van der Waals surface area contributed by atoms with E-state index in [1.807, 2.05) is 48.5 Å². The van der Waals surface area contributed by atoms with E-state index in [2.05, 4.69) is 34.6 Å². The van der Waals surface area contributed by atoms with Gasteiger partial charge in [-0.25, -0.2) is 4.85 Å². The number of rotatable bonds is 4. The van der Waals surface area contributed by atoms with Gasteiger partial charge >= 0.3 is 0 Å². The molecule has 30 heavy (non-hydrogen) atoms. The molecule has 0 N–H and O–H groups in total. The number of thiocarbonyl (C=S) groups is 2. The fourth-order valence-electron chi connectivity index (χ4n) is 4.00. The van der Waals surface area contributed by atoms with Crippen molar-refractivity contribution in [2.45, 2.75) is 13.8 Å². The van der Waals surface area contributed by atoms with Gasteiger partial charge in [0.15, 0.2) is 5.69 Å². The van der Waals surface area contributed by atoms with Gasteiger partial charge in [0, 0.05) is 24.2 Å². The Morgan fingerprint density at radius 3 is 1.63 bits per heavy atom. The number of benzene rings is 2. The molecule has 0 fully saturated rings. The first-order chi connectivity index (χ1) is 14.5. The van der Waals surface area contributed by atoms with Crippen LogP contribution in [0.5, 0.6) is 0 Å². The molecule has 0 aromatic heterocycles. The first kappa shape index (κ1) is 20.0. The second kappa shape index (κ2) is 7.84. The SMILES string of the molecule is [C-]#[N+]c1ccc(C2=C3C(=S)N(CC)C(c4ccc(C#N)cc4)=C3C(=S)N2CC)cc1. The maximum atomic E-state index is 9.14.